The molecule has 2 aromatic rings. The van der Waals surface area contributed by atoms with Crippen LogP contribution < -0.4 is 26.2 Å². The van der Waals surface area contributed by atoms with Crippen LogP contribution in [0.1, 0.15) is 35.2 Å². The molecular weight excluding hydrogens is 566 g/mol. The van der Waals surface area contributed by atoms with Gasteiger partial charge in [0.05, 0.1) is 13.2 Å². The first kappa shape index (κ1) is 31.0. The minimum absolute atomic E-state index is 0.0810. The SMILES string of the molecule is O=C1CCC(N2Cc3c(NC(=O)CCNCCOCCNC(=O)N4CCN(c5ccccc5)CC4)cccc3C2=O)C(=O)N1. The van der Waals surface area contributed by atoms with E-state index in [1.807, 2.05) is 23.1 Å². The zero-order valence-electron chi connectivity index (χ0n) is 24.7. The molecule has 3 aliphatic heterocycles. The van der Waals surface area contributed by atoms with Gasteiger partial charge < -0.3 is 35.4 Å². The van der Waals surface area contributed by atoms with Crippen LogP contribution in [0.3, 0.4) is 0 Å². The van der Waals surface area contributed by atoms with Crippen LogP contribution in [0.4, 0.5) is 16.2 Å². The number of hydrogen-bond acceptors (Lipinski definition) is 8. The van der Waals surface area contributed by atoms with Crippen molar-refractivity contribution in [3.8, 4) is 0 Å². The molecule has 2 fully saturated rings. The van der Waals surface area contributed by atoms with Crippen LogP contribution in [0.2, 0.25) is 0 Å². The molecule has 5 rings (SSSR count). The molecule has 3 aliphatic rings. The second kappa shape index (κ2) is 14.8. The molecule has 44 heavy (non-hydrogen) atoms. The Hall–Kier alpha value is -4.49. The standard InChI is InChI=1S/C31H39N7O6/c39-27-10-9-26(29(41)35-27)38-21-24-23(30(38)42)7-4-8-25(24)34-28(40)11-12-32-13-19-44-20-14-33-31(43)37-17-15-36(16-18-37)22-5-2-1-3-6-22/h1-8,26,32H,9-21H2,(H,33,43)(H,34,40)(H,35,39,41). The summed E-state index contributed by atoms with van der Waals surface area (Å²) in [4.78, 5) is 67.4. The van der Waals surface area contributed by atoms with Crippen molar-refractivity contribution >= 4 is 41.0 Å². The summed E-state index contributed by atoms with van der Waals surface area (Å²) in [6, 6.07) is 14.5. The third kappa shape index (κ3) is 7.71. The number of piperazine rings is 1. The quantitative estimate of drug-likeness (QED) is 0.206. The number of benzene rings is 2. The van der Waals surface area contributed by atoms with Crippen LogP contribution >= 0.6 is 0 Å². The molecule has 1 atom stereocenters. The van der Waals surface area contributed by atoms with E-state index < -0.39 is 11.9 Å². The number of rotatable bonds is 12. The van der Waals surface area contributed by atoms with E-state index in [-0.39, 0.29) is 49.6 Å². The molecule has 0 aliphatic carbocycles. The average Bonchev–Trinajstić information content (AvgIpc) is 3.37. The predicted molar refractivity (Wildman–Crippen MR) is 163 cm³/mol. The summed E-state index contributed by atoms with van der Waals surface area (Å²) >= 11 is 0. The second-order valence-electron chi connectivity index (χ2n) is 10.9. The lowest BCUT2D eigenvalue weighted by Gasteiger charge is -2.36. The average molecular weight is 606 g/mol. The van der Waals surface area contributed by atoms with Gasteiger partial charge in [0.25, 0.3) is 5.91 Å². The van der Waals surface area contributed by atoms with Gasteiger partial charge in [-0.2, -0.15) is 0 Å². The highest BCUT2D eigenvalue weighted by Crippen LogP contribution is 2.32. The first-order chi connectivity index (χ1) is 21.4. The number of amides is 6. The highest BCUT2D eigenvalue weighted by molar-refractivity contribution is 6.06. The maximum Gasteiger partial charge on any atom is 0.317 e. The van der Waals surface area contributed by atoms with Gasteiger partial charge in [0.2, 0.25) is 17.7 Å². The summed E-state index contributed by atoms with van der Waals surface area (Å²) in [5.41, 5.74) is 2.83. The van der Waals surface area contributed by atoms with Gasteiger partial charge in [0, 0.05) is 87.7 Å². The number of hydrogen-bond donors (Lipinski definition) is 4. The van der Waals surface area contributed by atoms with Gasteiger partial charge in [0.15, 0.2) is 0 Å². The van der Waals surface area contributed by atoms with Gasteiger partial charge in [0.1, 0.15) is 6.04 Å². The Morgan fingerprint density at radius 2 is 1.68 bits per heavy atom. The topological polar surface area (TPSA) is 152 Å². The van der Waals surface area contributed by atoms with Gasteiger partial charge >= 0.3 is 6.03 Å². The lowest BCUT2D eigenvalue weighted by atomic mass is 10.0. The number of anilines is 2. The van der Waals surface area contributed by atoms with Crippen LogP contribution in [-0.4, -0.2) is 105 Å². The van der Waals surface area contributed by atoms with E-state index in [0.717, 1.165) is 13.1 Å². The lowest BCUT2D eigenvalue weighted by molar-refractivity contribution is -0.137. The highest BCUT2D eigenvalue weighted by Gasteiger charge is 2.40. The summed E-state index contributed by atoms with van der Waals surface area (Å²) in [6.07, 6.45) is 0.688. The van der Waals surface area contributed by atoms with Crippen molar-refractivity contribution in [1.82, 2.24) is 25.8 Å². The largest absolute Gasteiger partial charge is 0.378 e. The number of nitrogens with zero attached hydrogens (tertiary/aromatic N) is 3. The normalized spacial score (nSPS) is 18.2. The number of carbonyl (C=O) groups is 5. The number of imide groups is 1. The first-order valence-electron chi connectivity index (χ1n) is 15.1. The minimum atomic E-state index is -0.708. The number of carbonyl (C=O) groups excluding carboxylic acids is 5. The van der Waals surface area contributed by atoms with Gasteiger partial charge in [-0.15, -0.1) is 0 Å². The Labute approximate surface area is 256 Å². The number of fused-ring (bicyclic) bond motifs is 1. The van der Waals surface area contributed by atoms with Crippen LogP contribution in [0.25, 0.3) is 0 Å². The number of ether oxygens (including phenoxy) is 1. The Morgan fingerprint density at radius 3 is 2.45 bits per heavy atom. The number of urea groups is 1. The van der Waals surface area contributed by atoms with Crippen LogP contribution in [-0.2, 0) is 25.7 Å². The fraction of sp³-hybridized carbons (Fsp3) is 0.452. The van der Waals surface area contributed by atoms with E-state index in [1.165, 1.54) is 10.6 Å². The van der Waals surface area contributed by atoms with Crippen molar-refractivity contribution in [2.24, 2.45) is 0 Å². The molecule has 3 heterocycles. The molecular formula is C31H39N7O6. The molecule has 234 valence electrons. The Morgan fingerprint density at radius 1 is 0.909 bits per heavy atom. The first-order valence-corrected chi connectivity index (χ1v) is 15.1. The van der Waals surface area contributed by atoms with Crippen molar-refractivity contribution in [2.75, 3.05) is 69.2 Å². The van der Waals surface area contributed by atoms with E-state index in [2.05, 4.69) is 38.3 Å². The highest BCUT2D eigenvalue weighted by atomic mass is 16.5. The molecule has 1 unspecified atom stereocenters. The van der Waals surface area contributed by atoms with Gasteiger partial charge in [-0.3, -0.25) is 24.5 Å². The zero-order chi connectivity index (χ0) is 30.9. The number of piperidine rings is 1. The third-order valence-electron chi connectivity index (χ3n) is 8.02. The van der Waals surface area contributed by atoms with E-state index in [9.17, 15) is 24.0 Å². The molecule has 13 nitrogen and oxygen atoms in total. The third-order valence-corrected chi connectivity index (χ3v) is 8.02. The van der Waals surface area contributed by atoms with E-state index in [0.29, 0.717) is 62.8 Å². The Kier molecular flexibility index (Phi) is 10.4. The maximum absolute atomic E-state index is 13.0. The fourth-order valence-corrected chi connectivity index (χ4v) is 5.64. The number of nitrogens with one attached hydrogen (secondary N) is 4. The monoisotopic (exact) mass is 605 g/mol. The summed E-state index contributed by atoms with van der Waals surface area (Å²) in [5.74, 6) is -1.29. The van der Waals surface area contributed by atoms with Crippen molar-refractivity contribution in [2.45, 2.75) is 31.8 Å². The zero-order valence-corrected chi connectivity index (χ0v) is 24.7. The molecule has 0 aromatic heterocycles. The summed E-state index contributed by atoms with van der Waals surface area (Å²) < 4.78 is 5.59. The van der Waals surface area contributed by atoms with Crippen LogP contribution in [0, 0.1) is 0 Å². The van der Waals surface area contributed by atoms with Crippen molar-refractivity contribution in [1.29, 1.82) is 0 Å². The smallest absolute Gasteiger partial charge is 0.317 e. The maximum atomic E-state index is 13.0. The molecule has 0 radical (unpaired) electrons. The number of para-hydroxylation sites is 1. The molecule has 0 bridgehead atoms. The molecule has 0 spiro atoms. The Bertz CT molecular complexity index is 1360. The van der Waals surface area contributed by atoms with E-state index in [4.69, 9.17) is 4.74 Å². The Balaban J connectivity index is 0.925. The molecule has 0 saturated carbocycles. The molecule has 4 N–H and O–H groups in total. The molecule has 2 saturated heterocycles. The molecule has 6 amide bonds. The van der Waals surface area contributed by atoms with Crippen molar-refractivity contribution in [3.63, 3.8) is 0 Å². The van der Waals surface area contributed by atoms with Crippen LogP contribution in [0.5, 0.6) is 0 Å². The predicted octanol–water partition coefficient (Wildman–Crippen LogP) is 0.914. The van der Waals surface area contributed by atoms with Gasteiger partial charge in [-0.05, 0) is 30.7 Å². The molecule has 2 aromatic carbocycles. The van der Waals surface area contributed by atoms with Gasteiger partial charge in [-0.1, -0.05) is 24.3 Å². The van der Waals surface area contributed by atoms with Crippen molar-refractivity contribution < 1.29 is 28.7 Å². The molecule has 13 heteroatoms. The fourth-order valence-electron chi connectivity index (χ4n) is 5.64. The lowest BCUT2D eigenvalue weighted by Crippen LogP contribution is -2.52. The summed E-state index contributed by atoms with van der Waals surface area (Å²) in [5, 5.41) is 11.2. The van der Waals surface area contributed by atoms with Gasteiger partial charge in [-0.25, -0.2) is 4.79 Å². The van der Waals surface area contributed by atoms with Crippen molar-refractivity contribution in [3.05, 3.63) is 59.7 Å². The van der Waals surface area contributed by atoms with Crippen LogP contribution in [0.15, 0.2) is 48.5 Å². The second-order valence-corrected chi connectivity index (χ2v) is 10.9. The summed E-state index contributed by atoms with van der Waals surface area (Å²) in [7, 11) is 0. The minimum Gasteiger partial charge on any atom is -0.378 e. The summed E-state index contributed by atoms with van der Waals surface area (Å²) in [6.45, 7) is 5.39. The van der Waals surface area contributed by atoms with E-state index >= 15 is 0 Å². The van der Waals surface area contributed by atoms with E-state index in [1.54, 1.807) is 18.2 Å².